The number of carbonyl (C=O) groups excluding carboxylic acids is 1. The average Bonchev–Trinajstić information content (AvgIpc) is 3.19. The Bertz CT molecular complexity index is 1440. The third kappa shape index (κ3) is 6.18. The molecule has 0 bridgehead atoms. The van der Waals surface area contributed by atoms with Gasteiger partial charge in [-0.3, -0.25) is 4.79 Å². The van der Waals surface area contributed by atoms with Gasteiger partial charge in [-0.1, -0.05) is 46.3 Å². The number of fused-ring (bicyclic) bond motifs is 1. The molecule has 0 amide bonds. The van der Waals surface area contributed by atoms with Crippen molar-refractivity contribution in [1.82, 2.24) is 23.9 Å². The van der Waals surface area contributed by atoms with E-state index in [0.29, 0.717) is 41.4 Å². The van der Waals surface area contributed by atoms with Crippen LogP contribution in [0.1, 0.15) is 58.5 Å². The summed E-state index contributed by atoms with van der Waals surface area (Å²) in [6.07, 6.45) is 4.66. The number of rotatable bonds is 14. The van der Waals surface area contributed by atoms with Gasteiger partial charge in [0.1, 0.15) is 17.3 Å². The molecule has 38 heavy (non-hydrogen) atoms. The predicted molar refractivity (Wildman–Crippen MR) is 150 cm³/mol. The summed E-state index contributed by atoms with van der Waals surface area (Å²) in [6.45, 7) is 9.59. The first-order valence-electron chi connectivity index (χ1n) is 13.3. The number of ether oxygens (including phenoxy) is 1. The number of aryl methyl sites for hydroxylation is 2. The maximum Gasteiger partial charge on any atom is 0.277 e. The summed E-state index contributed by atoms with van der Waals surface area (Å²) in [6, 6.07) is 4.43. The Morgan fingerprint density at radius 3 is 2.42 bits per heavy atom. The van der Waals surface area contributed by atoms with Crippen LogP contribution in [-0.2, 0) is 21.2 Å². The normalized spacial score (nSPS) is 11.9. The Morgan fingerprint density at radius 2 is 1.82 bits per heavy atom. The number of nitrogens with zero attached hydrogens (tertiary/aromatic N) is 4. The van der Waals surface area contributed by atoms with E-state index in [-0.39, 0.29) is 35.2 Å². The minimum atomic E-state index is -4.01. The van der Waals surface area contributed by atoms with E-state index in [1.54, 1.807) is 13.0 Å². The number of nitrogens with one attached hydrogen (secondary N) is 1. The van der Waals surface area contributed by atoms with Crippen LogP contribution >= 0.6 is 0 Å². The average molecular weight is 543 g/mol. The van der Waals surface area contributed by atoms with E-state index in [9.17, 15) is 18.0 Å². The minimum Gasteiger partial charge on any atom is -0.493 e. The van der Waals surface area contributed by atoms with E-state index < -0.39 is 10.0 Å². The Labute approximate surface area is 224 Å². The molecule has 12 heteroatoms. The van der Waals surface area contributed by atoms with Gasteiger partial charge in [0, 0.05) is 13.5 Å². The molecule has 0 aliphatic rings. The van der Waals surface area contributed by atoms with Crippen LogP contribution in [0.4, 0.5) is 0 Å². The van der Waals surface area contributed by atoms with Gasteiger partial charge in [0.25, 0.3) is 5.56 Å². The third-order valence-corrected chi connectivity index (χ3v) is 8.34. The highest BCUT2D eigenvalue weighted by molar-refractivity contribution is 7.89. The summed E-state index contributed by atoms with van der Waals surface area (Å²) in [5.41, 5.74) is 0.798. The standard InChI is InChI=1S/C26H38BN5O5S/c1-7-11-23-28-18(5)24-26(34)29-25(30-32(23)24)20-16-19(12-13-21(20)37-10-4)38(35,36)31(6)17-22(33)27(14-8-2)15-9-3/h12-13,16H,7-11,14-15,17H2,1-6H3,(H,29,30,34). The van der Waals surface area contributed by atoms with Gasteiger partial charge in [0.15, 0.2) is 11.3 Å². The van der Waals surface area contributed by atoms with Crippen molar-refractivity contribution in [2.45, 2.75) is 77.8 Å². The summed E-state index contributed by atoms with van der Waals surface area (Å²) in [5.74, 6) is 1.20. The van der Waals surface area contributed by atoms with Gasteiger partial charge in [-0.2, -0.15) is 4.31 Å². The van der Waals surface area contributed by atoms with Crippen molar-refractivity contribution in [2.24, 2.45) is 0 Å². The van der Waals surface area contributed by atoms with E-state index in [4.69, 9.17) is 4.74 Å². The number of hydrogen-bond acceptors (Lipinski definition) is 7. The first kappa shape index (κ1) is 29.6. The first-order valence-corrected chi connectivity index (χ1v) is 14.8. The number of H-pyrrole nitrogens is 1. The molecule has 1 N–H and O–H groups in total. The Balaban J connectivity index is 2.07. The highest BCUT2D eigenvalue weighted by Gasteiger charge is 2.29. The van der Waals surface area contributed by atoms with Crippen molar-refractivity contribution in [1.29, 1.82) is 0 Å². The number of imidazole rings is 1. The Hall–Kier alpha value is -2.99. The fourth-order valence-electron chi connectivity index (χ4n) is 4.66. The summed E-state index contributed by atoms with van der Waals surface area (Å²) in [5, 5.41) is 4.63. The van der Waals surface area contributed by atoms with Crippen molar-refractivity contribution in [2.75, 3.05) is 20.2 Å². The van der Waals surface area contributed by atoms with Crippen LogP contribution in [0.25, 0.3) is 16.9 Å². The highest BCUT2D eigenvalue weighted by atomic mass is 32.2. The molecule has 206 valence electrons. The number of aromatic amines is 1. The monoisotopic (exact) mass is 543 g/mol. The molecule has 0 atom stereocenters. The third-order valence-electron chi connectivity index (χ3n) is 6.54. The molecule has 0 unspecified atom stereocenters. The van der Waals surface area contributed by atoms with Gasteiger partial charge >= 0.3 is 0 Å². The van der Waals surface area contributed by atoms with Crippen molar-refractivity contribution < 1.29 is 17.9 Å². The number of sulfonamides is 1. The van der Waals surface area contributed by atoms with Crippen molar-refractivity contribution in [3.63, 3.8) is 0 Å². The second-order valence-electron chi connectivity index (χ2n) is 9.52. The molecule has 2 heterocycles. The fraction of sp³-hybridized carbons (Fsp3) is 0.538. The van der Waals surface area contributed by atoms with Crippen LogP contribution in [0.5, 0.6) is 5.75 Å². The number of aromatic nitrogens is 4. The smallest absolute Gasteiger partial charge is 0.277 e. The number of hydrogen-bond donors (Lipinski definition) is 1. The summed E-state index contributed by atoms with van der Waals surface area (Å²) in [4.78, 5) is 33.2. The van der Waals surface area contributed by atoms with E-state index >= 15 is 0 Å². The molecule has 3 rings (SSSR count). The molecular weight excluding hydrogens is 505 g/mol. The van der Waals surface area contributed by atoms with Gasteiger partial charge in [-0.25, -0.2) is 17.9 Å². The van der Waals surface area contributed by atoms with Crippen molar-refractivity contribution >= 4 is 27.9 Å². The van der Waals surface area contributed by atoms with Crippen LogP contribution in [0.2, 0.25) is 12.6 Å². The molecule has 3 aromatic rings. The maximum absolute atomic E-state index is 13.5. The SMILES string of the molecule is CCCB(CCC)C(=O)CN(C)S(=O)(=O)c1ccc(OCC)c(-c2nn3c(CCC)nc(C)c3c(=O)[nH]2)c1. The lowest BCUT2D eigenvalue weighted by molar-refractivity contribution is -0.112. The number of carbonyl (C=O) groups is 1. The second-order valence-corrected chi connectivity index (χ2v) is 11.6. The zero-order chi connectivity index (χ0) is 28.0. The summed E-state index contributed by atoms with van der Waals surface area (Å²) in [7, 11) is -2.59. The largest absolute Gasteiger partial charge is 0.493 e. The molecule has 0 aliphatic carbocycles. The van der Waals surface area contributed by atoms with Crippen molar-refractivity contribution in [3.05, 3.63) is 40.1 Å². The summed E-state index contributed by atoms with van der Waals surface area (Å²) >= 11 is 0. The van der Waals surface area contributed by atoms with Crippen LogP contribution in [0, 0.1) is 6.92 Å². The Morgan fingerprint density at radius 1 is 1.13 bits per heavy atom. The van der Waals surface area contributed by atoms with Gasteiger partial charge in [-0.05, 0) is 38.5 Å². The minimum absolute atomic E-state index is 0.0212. The van der Waals surface area contributed by atoms with Gasteiger partial charge in [0.2, 0.25) is 16.7 Å². The zero-order valence-corrected chi connectivity index (χ0v) is 24.0. The molecule has 0 spiro atoms. The van der Waals surface area contributed by atoms with E-state index in [0.717, 1.165) is 36.2 Å². The molecule has 0 saturated heterocycles. The number of likely N-dealkylation sites (N-methyl/N-ethyl adjacent to an activating group) is 1. The molecule has 0 saturated carbocycles. The van der Waals surface area contributed by atoms with Gasteiger partial charge in [0.05, 0.1) is 29.3 Å². The zero-order valence-electron chi connectivity index (χ0n) is 23.2. The highest BCUT2D eigenvalue weighted by Crippen LogP contribution is 2.31. The lowest BCUT2D eigenvalue weighted by Crippen LogP contribution is -2.38. The number of benzene rings is 1. The topological polar surface area (TPSA) is 127 Å². The van der Waals surface area contributed by atoms with Gasteiger partial charge < -0.3 is 14.5 Å². The molecule has 10 nitrogen and oxygen atoms in total. The molecule has 2 aromatic heterocycles. The first-order chi connectivity index (χ1) is 18.1. The van der Waals surface area contributed by atoms with Crippen LogP contribution in [0.15, 0.2) is 27.9 Å². The van der Waals surface area contributed by atoms with Crippen molar-refractivity contribution in [3.8, 4) is 17.1 Å². The van der Waals surface area contributed by atoms with Gasteiger partial charge in [-0.15, -0.1) is 5.10 Å². The van der Waals surface area contributed by atoms with E-state index in [1.165, 1.54) is 23.7 Å². The Kier molecular flexibility index (Phi) is 9.89. The molecular formula is C26H38BN5O5S. The lowest BCUT2D eigenvalue weighted by atomic mass is 9.41. The fourth-order valence-corrected chi connectivity index (χ4v) is 5.82. The molecule has 0 fully saturated rings. The van der Waals surface area contributed by atoms with Crippen LogP contribution in [-0.4, -0.2) is 64.9 Å². The maximum atomic E-state index is 13.5. The van der Waals surface area contributed by atoms with Crippen LogP contribution in [0.3, 0.4) is 0 Å². The lowest BCUT2D eigenvalue weighted by Gasteiger charge is -2.20. The molecule has 0 radical (unpaired) electrons. The quantitative estimate of drug-likeness (QED) is 0.307. The van der Waals surface area contributed by atoms with Crippen LogP contribution < -0.4 is 10.3 Å². The second kappa shape index (κ2) is 12.7. The van der Waals surface area contributed by atoms with E-state index in [2.05, 4.69) is 15.1 Å². The molecule has 0 aliphatic heterocycles. The predicted octanol–water partition coefficient (Wildman–Crippen LogP) is 3.79. The van der Waals surface area contributed by atoms with E-state index in [1.807, 2.05) is 27.7 Å². The molecule has 1 aromatic carbocycles. The summed E-state index contributed by atoms with van der Waals surface area (Å²) < 4.78 is 35.4.